The van der Waals surface area contributed by atoms with Crippen molar-refractivity contribution in [3.63, 3.8) is 0 Å². The fourth-order valence-electron chi connectivity index (χ4n) is 1.29. The van der Waals surface area contributed by atoms with Crippen LogP contribution in [0, 0.1) is 5.92 Å². The second-order valence-corrected chi connectivity index (χ2v) is 5.32. The third-order valence-electron chi connectivity index (χ3n) is 1.73. The minimum Gasteiger partial charge on any atom is -0.444 e. The molecule has 0 spiro atoms. The average Bonchev–Trinajstić information content (AvgIpc) is 1.99. The van der Waals surface area contributed by atoms with E-state index in [0.29, 0.717) is 5.92 Å². The van der Waals surface area contributed by atoms with Gasteiger partial charge in [-0.2, -0.15) is 0 Å². The van der Waals surface area contributed by atoms with Crippen LogP contribution in [0.5, 0.6) is 0 Å². The second-order valence-electron chi connectivity index (χ2n) is 5.32. The molecule has 0 heterocycles. The summed E-state index contributed by atoms with van der Waals surface area (Å²) in [5.41, 5.74) is -0.403. The highest BCUT2D eigenvalue weighted by Gasteiger charge is 2.21. The Morgan fingerprint density at radius 1 is 1.33 bits per heavy atom. The number of amides is 1. The fraction of sp³-hybridized carbons (Fsp3) is 0.917. The van der Waals surface area contributed by atoms with E-state index in [1.807, 2.05) is 20.8 Å². The first kappa shape index (κ1) is 14.3. The first-order valence-corrected chi connectivity index (χ1v) is 5.74. The van der Waals surface area contributed by atoms with Gasteiger partial charge in [0.05, 0.1) is 0 Å². The van der Waals surface area contributed by atoms with Crippen molar-refractivity contribution in [1.29, 1.82) is 0 Å². The van der Waals surface area contributed by atoms with Crippen molar-refractivity contribution in [2.45, 2.75) is 53.6 Å². The van der Waals surface area contributed by atoms with Crippen LogP contribution < -0.4 is 0 Å². The molecule has 0 aliphatic heterocycles. The molecule has 0 saturated heterocycles. The van der Waals surface area contributed by atoms with Gasteiger partial charge in [0.1, 0.15) is 5.60 Å². The van der Waals surface area contributed by atoms with Crippen molar-refractivity contribution in [3.05, 3.63) is 0 Å². The summed E-state index contributed by atoms with van der Waals surface area (Å²) >= 11 is 0. The predicted octanol–water partition coefficient (Wildman–Crippen LogP) is 3.29. The van der Waals surface area contributed by atoms with E-state index in [0.717, 1.165) is 19.5 Å². The van der Waals surface area contributed by atoms with Gasteiger partial charge < -0.3 is 9.64 Å². The van der Waals surface area contributed by atoms with Crippen molar-refractivity contribution in [3.8, 4) is 0 Å². The average molecular weight is 215 g/mol. The van der Waals surface area contributed by atoms with E-state index in [4.69, 9.17) is 4.74 Å². The van der Waals surface area contributed by atoms with Gasteiger partial charge in [0.25, 0.3) is 0 Å². The molecule has 0 atom stereocenters. The molecule has 1 amide bonds. The second kappa shape index (κ2) is 5.99. The molecule has 0 aliphatic carbocycles. The van der Waals surface area contributed by atoms with Crippen molar-refractivity contribution in [1.82, 2.24) is 4.90 Å². The molecule has 0 saturated carbocycles. The normalized spacial score (nSPS) is 11.7. The summed E-state index contributed by atoms with van der Waals surface area (Å²) in [6.07, 6.45) is 0.768. The number of carbonyl (C=O) groups is 1. The van der Waals surface area contributed by atoms with Gasteiger partial charge in [-0.25, -0.2) is 4.79 Å². The monoisotopic (exact) mass is 215 g/mol. The molecule has 0 bridgehead atoms. The Hall–Kier alpha value is -0.730. The van der Waals surface area contributed by atoms with E-state index in [9.17, 15) is 4.79 Å². The maximum absolute atomic E-state index is 11.8. The number of rotatable bonds is 4. The Morgan fingerprint density at radius 2 is 1.87 bits per heavy atom. The van der Waals surface area contributed by atoms with E-state index >= 15 is 0 Å². The van der Waals surface area contributed by atoms with Gasteiger partial charge in [-0.1, -0.05) is 20.8 Å². The van der Waals surface area contributed by atoms with E-state index in [-0.39, 0.29) is 6.09 Å². The van der Waals surface area contributed by atoms with Crippen molar-refractivity contribution >= 4 is 6.09 Å². The summed E-state index contributed by atoms with van der Waals surface area (Å²) in [5, 5.41) is 0. The Labute approximate surface area is 93.8 Å². The maximum Gasteiger partial charge on any atom is 0.410 e. The van der Waals surface area contributed by atoms with Crippen LogP contribution in [-0.2, 0) is 4.74 Å². The van der Waals surface area contributed by atoms with Gasteiger partial charge in [-0.05, 0) is 33.1 Å². The highest BCUT2D eigenvalue weighted by atomic mass is 16.6. The number of nitrogens with zero attached hydrogens (tertiary/aromatic N) is 1. The van der Waals surface area contributed by atoms with E-state index < -0.39 is 5.60 Å². The van der Waals surface area contributed by atoms with Crippen LogP contribution in [0.2, 0.25) is 0 Å². The summed E-state index contributed by atoms with van der Waals surface area (Å²) in [7, 11) is 0. The smallest absolute Gasteiger partial charge is 0.410 e. The standard InChI is InChI=1S/C12H25NO2/c1-7-8-13(9-10(2)3)11(14)15-12(4,5)6/h10H,7-9H2,1-6H3. The first-order valence-electron chi connectivity index (χ1n) is 5.74. The highest BCUT2D eigenvalue weighted by Crippen LogP contribution is 2.11. The molecule has 0 radical (unpaired) electrons. The zero-order chi connectivity index (χ0) is 12.1. The topological polar surface area (TPSA) is 29.5 Å². The lowest BCUT2D eigenvalue weighted by Gasteiger charge is -2.28. The summed E-state index contributed by atoms with van der Waals surface area (Å²) in [6.45, 7) is 13.5. The molecule has 0 rings (SSSR count). The highest BCUT2D eigenvalue weighted by molar-refractivity contribution is 5.68. The quantitative estimate of drug-likeness (QED) is 0.720. The lowest BCUT2D eigenvalue weighted by Crippen LogP contribution is -2.39. The lowest BCUT2D eigenvalue weighted by atomic mass is 10.2. The summed E-state index contributed by atoms with van der Waals surface area (Å²) in [6, 6.07) is 0. The van der Waals surface area contributed by atoms with Gasteiger partial charge in [-0.15, -0.1) is 0 Å². The third-order valence-corrected chi connectivity index (χ3v) is 1.73. The fourth-order valence-corrected chi connectivity index (χ4v) is 1.29. The largest absolute Gasteiger partial charge is 0.444 e. The molecular weight excluding hydrogens is 190 g/mol. The van der Waals surface area contributed by atoms with Gasteiger partial charge in [0.15, 0.2) is 0 Å². The molecule has 0 aliphatic rings. The van der Waals surface area contributed by atoms with Crippen LogP contribution in [0.3, 0.4) is 0 Å². The molecule has 3 nitrogen and oxygen atoms in total. The number of hydrogen-bond acceptors (Lipinski definition) is 2. The van der Waals surface area contributed by atoms with Gasteiger partial charge >= 0.3 is 6.09 Å². The molecule has 0 aromatic carbocycles. The number of hydrogen-bond donors (Lipinski definition) is 0. The van der Waals surface area contributed by atoms with Crippen LogP contribution in [0.15, 0.2) is 0 Å². The molecule has 0 unspecified atom stereocenters. The van der Waals surface area contributed by atoms with Gasteiger partial charge in [0, 0.05) is 13.1 Å². The molecule has 0 aromatic heterocycles. The van der Waals surface area contributed by atoms with Crippen LogP contribution in [0.4, 0.5) is 4.79 Å². The molecule has 0 N–H and O–H groups in total. The van der Waals surface area contributed by atoms with Crippen LogP contribution in [-0.4, -0.2) is 29.7 Å². The van der Waals surface area contributed by atoms with Crippen molar-refractivity contribution in [2.75, 3.05) is 13.1 Å². The molecule has 3 heteroatoms. The summed E-state index contributed by atoms with van der Waals surface area (Å²) < 4.78 is 5.34. The third kappa shape index (κ3) is 7.23. The van der Waals surface area contributed by atoms with Crippen LogP contribution >= 0.6 is 0 Å². The first-order chi connectivity index (χ1) is 6.76. The van der Waals surface area contributed by atoms with E-state index in [2.05, 4.69) is 20.8 Å². The predicted molar refractivity (Wildman–Crippen MR) is 62.9 cm³/mol. The Kier molecular flexibility index (Phi) is 5.69. The summed E-state index contributed by atoms with van der Waals surface area (Å²) in [4.78, 5) is 13.6. The van der Waals surface area contributed by atoms with Gasteiger partial charge in [0.2, 0.25) is 0 Å². The number of ether oxygens (including phenoxy) is 1. The van der Waals surface area contributed by atoms with Gasteiger partial charge in [-0.3, -0.25) is 0 Å². The zero-order valence-electron chi connectivity index (χ0n) is 11.0. The molecule has 0 aromatic rings. The van der Waals surface area contributed by atoms with Crippen LogP contribution in [0.1, 0.15) is 48.0 Å². The Bertz CT molecular complexity index is 194. The summed E-state index contributed by atoms with van der Waals surface area (Å²) in [5.74, 6) is 0.476. The lowest BCUT2D eigenvalue weighted by molar-refractivity contribution is 0.0228. The van der Waals surface area contributed by atoms with E-state index in [1.165, 1.54) is 0 Å². The minimum absolute atomic E-state index is 0.196. The maximum atomic E-state index is 11.8. The molecular formula is C12H25NO2. The Balaban J connectivity index is 4.28. The molecule has 90 valence electrons. The van der Waals surface area contributed by atoms with Crippen molar-refractivity contribution < 1.29 is 9.53 Å². The molecule has 15 heavy (non-hydrogen) atoms. The SMILES string of the molecule is CCCN(CC(C)C)C(=O)OC(C)(C)C. The zero-order valence-corrected chi connectivity index (χ0v) is 11.0. The van der Waals surface area contributed by atoms with Crippen LogP contribution in [0.25, 0.3) is 0 Å². The number of carbonyl (C=O) groups excluding carboxylic acids is 1. The van der Waals surface area contributed by atoms with Crippen molar-refractivity contribution in [2.24, 2.45) is 5.92 Å². The molecule has 0 fully saturated rings. The minimum atomic E-state index is -0.403. The Morgan fingerprint density at radius 3 is 2.20 bits per heavy atom. The van der Waals surface area contributed by atoms with E-state index in [1.54, 1.807) is 4.90 Å².